The van der Waals surface area contributed by atoms with Gasteiger partial charge in [0.05, 0.1) is 29.1 Å². The van der Waals surface area contributed by atoms with Crippen LogP contribution in [0.1, 0.15) is 18.4 Å². The number of hydrogen-bond acceptors (Lipinski definition) is 5. The van der Waals surface area contributed by atoms with E-state index in [1.165, 1.54) is 11.8 Å². The lowest BCUT2D eigenvalue weighted by Gasteiger charge is -2.18. The fourth-order valence-corrected chi connectivity index (χ4v) is 4.41. The minimum Gasteiger partial charge on any atom is -0.496 e. The van der Waals surface area contributed by atoms with E-state index < -0.39 is 0 Å². The second kappa shape index (κ2) is 7.34. The second-order valence-corrected chi connectivity index (χ2v) is 7.85. The monoisotopic (exact) mass is 413 g/mol. The minimum atomic E-state index is -0.0394. The molecule has 4 nitrogen and oxygen atoms in total. The van der Waals surface area contributed by atoms with Gasteiger partial charge in [0.15, 0.2) is 0 Å². The highest BCUT2D eigenvalue weighted by Crippen LogP contribution is 2.34. The molecule has 2 aliphatic heterocycles. The van der Waals surface area contributed by atoms with Crippen LogP contribution in [-0.2, 0) is 9.53 Å². The van der Waals surface area contributed by atoms with E-state index in [2.05, 4.69) is 15.9 Å². The van der Waals surface area contributed by atoms with Crippen molar-refractivity contribution < 1.29 is 14.3 Å². The van der Waals surface area contributed by atoms with E-state index in [1.807, 2.05) is 24.3 Å². The van der Waals surface area contributed by atoms with Crippen LogP contribution in [0.5, 0.6) is 5.75 Å². The van der Waals surface area contributed by atoms with Gasteiger partial charge < -0.3 is 9.47 Å². The molecule has 2 saturated heterocycles. The van der Waals surface area contributed by atoms with Gasteiger partial charge in [-0.25, -0.2) is 0 Å². The lowest BCUT2D eigenvalue weighted by atomic mass is 10.2. The fraction of sp³-hybridized carbons (Fsp3) is 0.375. The molecule has 23 heavy (non-hydrogen) atoms. The zero-order valence-electron chi connectivity index (χ0n) is 12.6. The quantitative estimate of drug-likeness (QED) is 0.553. The molecule has 2 fully saturated rings. The van der Waals surface area contributed by atoms with Crippen LogP contribution >= 0.6 is 39.9 Å². The molecule has 0 unspecified atom stereocenters. The molecule has 1 amide bonds. The first-order valence-electron chi connectivity index (χ1n) is 7.29. The predicted molar refractivity (Wildman–Crippen MR) is 99.5 cm³/mol. The summed E-state index contributed by atoms with van der Waals surface area (Å²) in [6.45, 7) is 1.32. The van der Waals surface area contributed by atoms with Gasteiger partial charge in [-0.15, -0.1) is 0 Å². The number of rotatable bonds is 4. The first-order chi connectivity index (χ1) is 11.1. The van der Waals surface area contributed by atoms with Crippen molar-refractivity contribution in [1.82, 2.24) is 4.90 Å². The van der Waals surface area contributed by atoms with E-state index in [0.717, 1.165) is 35.2 Å². The van der Waals surface area contributed by atoms with Crippen molar-refractivity contribution in [3.8, 4) is 5.75 Å². The van der Waals surface area contributed by atoms with Crippen molar-refractivity contribution >= 4 is 56.2 Å². The molecule has 0 radical (unpaired) electrons. The number of methoxy groups -OCH3 is 1. The summed E-state index contributed by atoms with van der Waals surface area (Å²) < 4.78 is 12.3. The molecule has 0 aromatic heterocycles. The van der Waals surface area contributed by atoms with Crippen molar-refractivity contribution in [2.45, 2.75) is 18.9 Å². The Balaban J connectivity index is 1.76. The Labute approximate surface area is 153 Å². The highest BCUT2D eigenvalue weighted by atomic mass is 79.9. The highest BCUT2D eigenvalue weighted by Gasteiger charge is 2.34. The largest absolute Gasteiger partial charge is 0.496 e. The number of carbonyl (C=O) groups is 1. The van der Waals surface area contributed by atoms with Crippen LogP contribution in [0, 0.1) is 0 Å². The molecule has 1 aromatic carbocycles. The number of nitrogens with zero attached hydrogens (tertiary/aromatic N) is 1. The van der Waals surface area contributed by atoms with Crippen molar-refractivity contribution in [3.05, 3.63) is 33.1 Å². The minimum absolute atomic E-state index is 0.0394. The number of hydrogen-bond donors (Lipinski definition) is 0. The Morgan fingerprint density at radius 2 is 2.39 bits per heavy atom. The van der Waals surface area contributed by atoms with E-state index in [-0.39, 0.29) is 12.0 Å². The summed E-state index contributed by atoms with van der Waals surface area (Å²) in [5, 5.41) is 0. The zero-order chi connectivity index (χ0) is 16.4. The van der Waals surface area contributed by atoms with Gasteiger partial charge in [0.25, 0.3) is 5.91 Å². The molecule has 2 heterocycles. The lowest BCUT2D eigenvalue weighted by molar-refractivity contribution is -0.123. The van der Waals surface area contributed by atoms with Crippen molar-refractivity contribution in [2.75, 3.05) is 20.3 Å². The molecule has 2 aliphatic rings. The summed E-state index contributed by atoms with van der Waals surface area (Å²) >= 11 is 10.2. The molecule has 0 spiro atoms. The Morgan fingerprint density at radius 3 is 3.04 bits per heavy atom. The van der Waals surface area contributed by atoms with Crippen LogP contribution in [-0.4, -0.2) is 41.5 Å². The topological polar surface area (TPSA) is 38.8 Å². The van der Waals surface area contributed by atoms with Gasteiger partial charge in [0, 0.05) is 6.61 Å². The van der Waals surface area contributed by atoms with E-state index in [1.54, 1.807) is 12.0 Å². The number of ether oxygens (including phenoxy) is 2. The molecule has 122 valence electrons. The zero-order valence-corrected chi connectivity index (χ0v) is 15.8. The van der Waals surface area contributed by atoms with E-state index in [4.69, 9.17) is 21.7 Å². The van der Waals surface area contributed by atoms with Crippen molar-refractivity contribution in [2.24, 2.45) is 0 Å². The van der Waals surface area contributed by atoms with E-state index in [9.17, 15) is 4.79 Å². The molecule has 0 bridgehead atoms. The molecule has 0 saturated carbocycles. The van der Waals surface area contributed by atoms with Crippen molar-refractivity contribution in [1.29, 1.82) is 0 Å². The number of thiocarbonyl (C=S) groups is 1. The van der Waals surface area contributed by atoms with Gasteiger partial charge in [-0.05, 0) is 52.5 Å². The standard InChI is InChI=1S/C16H16BrNO3S2/c1-20-13-5-4-10(7-12(13)17)8-14-15(19)18(16(22)23-14)9-11-3-2-6-21-11/h4-5,7-8,11H,2-3,6,9H2,1H3/b14-8-/t11-/m1/s1. The van der Waals surface area contributed by atoms with E-state index in [0.29, 0.717) is 15.8 Å². The summed E-state index contributed by atoms with van der Waals surface area (Å²) in [6, 6.07) is 5.70. The summed E-state index contributed by atoms with van der Waals surface area (Å²) in [5.74, 6) is 0.718. The van der Waals surface area contributed by atoms with Gasteiger partial charge in [0.2, 0.25) is 0 Å². The highest BCUT2D eigenvalue weighted by molar-refractivity contribution is 9.10. The number of benzene rings is 1. The van der Waals surface area contributed by atoms with Gasteiger partial charge in [0.1, 0.15) is 10.1 Å². The summed E-state index contributed by atoms with van der Waals surface area (Å²) in [6.07, 6.45) is 4.00. The smallest absolute Gasteiger partial charge is 0.266 e. The van der Waals surface area contributed by atoms with Gasteiger partial charge in [-0.1, -0.05) is 30.0 Å². The molecular weight excluding hydrogens is 398 g/mol. The average molecular weight is 414 g/mol. The van der Waals surface area contributed by atoms with Crippen LogP contribution in [0.4, 0.5) is 0 Å². The molecule has 0 aliphatic carbocycles. The molecule has 1 atom stereocenters. The third-order valence-corrected chi connectivity index (χ3v) is 5.75. The van der Waals surface area contributed by atoms with Crippen LogP contribution in [0.3, 0.4) is 0 Å². The Morgan fingerprint density at radius 1 is 1.57 bits per heavy atom. The number of amides is 1. The van der Waals surface area contributed by atoms with Crippen LogP contribution in [0.15, 0.2) is 27.6 Å². The summed E-state index contributed by atoms with van der Waals surface area (Å²) in [5.41, 5.74) is 0.926. The Bertz CT molecular complexity index is 671. The SMILES string of the molecule is COc1ccc(/C=C2\SC(=S)N(C[C@H]3CCCO3)C2=O)cc1Br. The number of carbonyl (C=O) groups excluding carboxylic acids is 1. The predicted octanol–water partition coefficient (Wildman–Crippen LogP) is 3.84. The van der Waals surface area contributed by atoms with Gasteiger partial charge in [-0.2, -0.15) is 0 Å². The fourth-order valence-electron chi connectivity index (χ4n) is 2.57. The Kier molecular flexibility index (Phi) is 5.41. The third-order valence-electron chi connectivity index (χ3n) is 3.76. The lowest BCUT2D eigenvalue weighted by Crippen LogP contribution is -2.35. The maximum Gasteiger partial charge on any atom is 0.266 e. The molecule has 3 rings (SSSR count). The van der Waals surface area contributed by atoms with E-state index >= 15 is 0 Å². The third kappa shape index (κ3) is 3.79. The van der Waals surface area contributed by atoms with Crippen LogP contribution < -0.4 is 4.74 Å². The maximum atomic E-state index is 12.6. The number of thioether (sulfide) groups is 1. The van der Waals surface area contributed by atoms with Gasteiger partial charge >= 0.3 is 0 Å². The molecule has 0 N–H and O–H groups in total. The molecule has 7 heteroatoms. The average Bonchev–Trinajstić information content (AvgIpc) is 3.12. The Hall–Kier alpha value is -0.890. The van der Waals surface area contributed by atoms with Crippen molar-refractivity contribution in [3.63, 3.8) is 0 Å². The molecular formula is C16H16BrNO3S2. The first kappa shape index (κ1) is 17.0. The second-order valence-electron chi connectivity index (χ2n) is 5.32. The molecule has 1 aromatic rings. The summed E-state index contributed by atoms with van der Waals surface area (Å²) in [4.78, 5) is 14.9. The van der Waals surface area contributed by atoms with Crippen LogP contribution in [0.2, 0.25) is 0 Å². The summed E-state index contributed by atoms with van der Waals surface area (Å²) in [7, 11) is 1.62. The maximum absolute atomic E-state index is 12.6. The normalized spacial score (nSPS) is 23.1. The first-order valence-corrected chi connectivity index (χ1v) is 9.31. The van der Waals surface area contributed by atoms with Gasteiger partial charge in [-0.3, -0.25) is 9.69 Å². The van der Waals surface area contributed by atoms with Crippen LogP contribution in [0.25, 0.3) is 6.08 Å². The number of halogens is 1.